The molecule has 0 unspecified atom stereocenters. The van der Waals surface area contributed by atoms with Crippen LogP contribution in [0.1, 0.15) is 21.0 Å². The molecule has 0 fully saturated rings. The second-order valence-corrected chi connectivity index (χ2v) is 7.70. The predicted molar refractivity (Wildman–Crippen MR) is 130 cm³/mol. The number of phenolic OH excluding ortho intramolecular Hbond substituents is 2. The molecular weight excluding hydrogens is 549 g/mol. The van der Waals surface area contributed by atoms with Crippen molar-refractivity contribution in [2.45, 2.75) is 0 Å². The van der Waals surface area contributed by atoms with Crippen molar-refractivity contribution in [3.63, 3.8) is 0 Å². The number of carbonyl (C=O) groups is 2. The van der Waals surface area contributed by atoms with Gasteiger partial charge in [0.25, 0.3) is 0 Å². The molecule has 0 aliphatic carbocycles. The Kier molecular flexibility index (Phi) is 9.29. The number of pyridine rings is 2. The summed E-state index contributed by atoms with van der Waals surface area (Å²) in [4.78, 5) is 29.0. The second-order valence-electron chi connectivity index (χ2n) is 5.76. The number of hydrogen-bond acceptors (Lipinski definition) is 8. The summed E-state index contributed by atoms with van der Waals surface area (Å²) in [5.74, 6) is 0.137. The summed E-state index contributed by atoms with van der Waals surface area (Å²) in [5.41, 5.74) is 1.49. The van der Waals surface area contributed by atoms with Crippen molar-refractivity contribution in [3.8, 4) is 11.5 Å². The molecule has 2 aromatic carbocycles. The molecule has 0 bridgehead atoms. The zero-order valence-corrected chi connectivity index (χ0v) is 19.7. The van der Waals surface area contributed by atoms with Crippen molar-refractivity contribution in [2.24, 2.45) is 4.30 Å². The Morgan fingerprint density at radius 3 is 2.10 bits per heavy atom. The molecule has 11 heteroatoms. The van der Waals surface area contributed by atoms with E-state index in [4.69, 9.17) is 0 Å². The van der Waals surface area contributed by atoms with Crippen molar-refractivity contribution < 1.29 is 19.8 Å². The zero-order chi connectivity index (χ0) is 23.0. The molecule has 0 aliphatic rings. The van der Waals surface area contributed by atoms with Crippen molar-refractivity contribution in [3.05, 3.63) is 68.9 Å². The van der Waals surface area contributed by atoms with Crippen LogP contribution in [0.15, 0.2) is 61.8 Å². The molecule has 0 saturated carbocycles. The Labute approximate surface area is 200 Å². The average molecular weight is 562 g/mol. The van der Waals surface area contributed by atoms with Crippen LogP contribution in [-0.2, 0) is 0 Å². The van der Waals surface area contributed by atoms with Gasteiger partial charge in [0, 0.05) is 15.2 Å². The van der Waals surface area contributed by atoms with E-state index in [1.54, 1.807) is 42.5 Å². The SMILES string of the molecule is O=Cc1ccc2c(Br)cc(Br)c(O)c2n1.O=Cc1ccc2cccc(O)c2n1.[B]=NS. The molecule has 4 rings (SSSR count). The summed E-state index contributed by atoms with van der Waals surface area (Å²) in [6.45, 7) is 0. The fourth-order valence-corrected chi connectivity index (χ4v) is 3.77. The molecule has 0 atom stereocenters. The van der Waals surface area contributed by atoms with E-state index in [2.05, 4.69) is 66.6 Å². The number of hydrogen-bond donors (Lipinski definition) is 3. The minimum absolute atomic E-state index is 0.0388. The predicted octanol–water partition coefficient (Wildman–Crippen LogP) is 5.21. The van der Waals surface area contributed by atoms with Gasteiger partial charge in [-0.3, -0.25) is 9.59 Å². The number of benzene rings is 2. The normalized spacial score (nSPS) is 9.74. The Morgan fingerprint density at radius 2 is 1.48 bits per heavy atom. The van der Waals surface area contributed by atoms with E-state index in [1.807, 2.05) is 6.07 Å². The van der Waals surface area contributed by atoms with Gasteiger partial charge in [-0.1, -0.05) is 34.1 Å². The number of halogens is 2. The first-order valence-electron chi connectivity index (χ1n) is 8.37. The summed E-state index contributed by atoms with van der Waals surface area (Å²) in [5, 5.41) is 20.8. The van der Waals surface area contributed by atoms with Gasteiger partial charge in [0.15, 0.2) is 18.3 Å². The summed E-state index contributed by atoms with van der Waals surface area (Å²) in [6, 6.07) is 13.6. The standard InChI is InChI=1S/C10H5Br2NO2.C10H7NO2.BHNS/c11-7-3-8(12)10(15)9-6(7)2-1-5(4-14)13-9;12-6-8-5-4-7-2-1-3-9(13)10(7)11-8;1-2-3/h1-4,15H;1-6,13H;3H. The number of aldehydes is 2. The van der Waals surface area contributed by atoms with Gasteiger partial charge in [0.05, 0.1) is 4.47 Å². The monoisotopic (exact) mass is 560 g/mol. The molecule has 2 N–H and O–H groups in total. The van der Waals surface area contributed by atoms with Crippen LogP contribution in [0.4, 0.5) is 0 Å². The van der Waals surface area contributed by atoms with E-state index in [0.717, 1.165) is 15.2 Å². The van der Waals surface area contributed by atoms with Crippen LogP contribution < -0.4 is 0 Å². The Hall–Kier alpha value is -2.63. The van der Waals surface area contributed by atoms with Crippen LogP contribution in [0, 0.1) is 0 Å². The molecule has 155 valence electrons. The molecule has 0 amide bonds. The second kappa shape index (κ2) is 11.7. The number of aromatic nitrogens is 2. The summed E-state index contributed by atoms with van der Waals surface area (Å²) in [6.07, 6.45) is 1.31. The number of phenols is 2. The van der Waals surface area contributed by atoms with E-state index in [0.29, 0.717) is 39.5 Å². The van der Waals surface area contributed by atoms with Crippen molar-refractivity contribution >= 4 is 86.7 Å². The van der Waals surface area contributed by atoms with Gasteiger partial charge in [0.1, 0.15) is 28.2 Å². The molecule has 0 aliphatic heterocycles. The Balaban J connectivity index is 0.000000197. The molecule has 0 spiro atoms. The first-order chi connectivity index (χ1) is 14.9. The summed E-state index contributed by atoms with van der Waals surface area (Å²) in [7, 11) is 4.34. The molecule has 31 heavy (non-hydrogen) atoms. The Morgan fingerprint density at radius 1 is 0.903 bits per heavy atom. The third kappa shape index (κ3) is 6.19. The maximum atomic E-state index is 10.6. The van der Waals surface area contributed by atoms with Crippen molar-refractivity contribution in [2.75, 3.05) is 0 Å². The topological polar surface area (TPSA) is 113 Å². The Bertz CT molecular complexity index is 1270. The van der Waals surface area contributed by atoms with Crippen LogP contribution in [0.25, 0.3) is 21.8 Å². The van der Waals surface area contributed by atoms with Gasteiger partial charge in [-0.15, -0.1) is 0 Å². The molecule has 7 nitrogen and oxygen atoms in total. The number of carbonyl (C=O) groups excluding carboxylic acids is 2. The van der Waals surface area contributed by atoms with Crippen LogP contribution in [-0.4, -0.2) is 40.4 Å². The summed E-state index contributed by atoms with van der Waals surface area (Å²) >= 11 is 9.76. The van der Waals surface area contributed by atoms with Gasteiger partial charge in [-0.25, -0.2) is 9.97 Å². The molecule has 2 heterocycles. The maximum absolute atomic E-state index is 10.6. The van der Waals surface area contributed by atoms with Gasteiger partial charge in [-0.05, 0) is 46.3 Å². The first-order valence-corrected chi connectivity index (χ1v) is 10.4. The quantitative estimate of drug-likeness (QED) is 0.176. The molecular formula is C20H13BBr2N3O4S. The first kappa shape index (κ1) is 24.6. The fraction of sp³-hybridized carbons (Fsp3) is 0. The zero-order valence-electron chi connectivity index (χ0n) is 15.6. The fourth-order valence-electron chi connectivity index (χ4n) is 2.50. The molecule has 0 saturated heterocycles. The van der Waals surface area contributed by atoms with E-state index in [9.17, 15) is 19.8 Å². The third-order valence-corrected chi connectivity index (χ3v) is 5.10. The van der Waals surface area contributed by atoms with Crippen molar-refractivity contribution in [1.29, 1.82) is 0 Å². The number of nitrogens with zero attached hydrogens (tertiary/aromatic N) is 3. The number of rotatable bonds is 2. The number of thiol groups is 1. The number of aromatic hydroxyl groups is 2. The molecule has 2 aromatic heterocycles. The number of fused-ring (bicyclic) bond motifs is 2. The summed E-state index contributed by atoms with van der Waals surface area (Å²) < 4.78 is 4.05. The van der Waals surface area contributed by atoms with Gasteiger partial charge in [-0.2, -0.15) is 0 Å². The van der Waals surface area contributed by atoms with E-state index in [-0.39, 0.29) is 11.5 Å². The molecule has 1 radical (unpaired) electrons. The van der Waals surface area contributed by atoms with Crippen LogP contribution in [0.3, 0.4) is 0 Å². The van der Waals surface area contributed by atoms with Gasteiger partial charge >= 0.3 is 24.8 Å². The third-order valence-electron chi connectivity index (χ3n) is 3.84. The molecule has 4 aromatic rings. The van der Waals surface area contributed by atoms with Gasteiger partial charge < -0.3 is 10.2 Å². The van der Waals surface area contributed by atoms with Crippen molar-refractivity contribution in [1.82, 2.24) is 9.97 Å². The minimum atomic E-state index is 0.0388. The van der Waals surface area contributed by atoms with Crippen LogP contribution in [0.5, 0.6) is 11.5 Å². The van der Waals surface area contributed by atoms with Crippen LogP contribution in [0.2, 0.25) is 0 Å². The average Bonchev–Trinajstić information content (AvgIpc) is 2.78. The van der Waals surface area contributed by atoms with E-state index in [1.165, 1.54) is 0 Å². The van der Waals surface area contributed by atoms with E-state index < -0.39 is 0 Å². The number of para-hydroxylation sites is 1. The van der Waals surface area contributed by atoms with Crippen LogP contribution >= 0.6 is 44.7 Å². The van der Waals surface area contributed by atoms with Gasteiger partial charge in [0.2, 0.25) is 0 Å². The van der Waals surface area contributed by atoms with E-state index >= 15 is 0 Å².